The van der Waals surface area contributed by atoms with E-state index in [9.17, 15) is 13.2 Å². The van der Waals surface area contributed by atoms with Gasteiger partial charge in [0.2, 0.25) is 0 Å². The van der Waals surface area contributed by atoms with E-state index in [1.54, 1.807) is 0 Å². The molecule has 0 N–H and O–H groups in total. The maximum atomic E-state index is 12.5. The van der Waals surface area contributed by atoms with Crippen LogP contribution in [-0.4, -0.2) is 15.0 Å². The molecule has 0 aromatic carbocycles. The minimum atomic E-state index is -4.37. The molecule has 14 heavy (non-hydrogen) atoms. The second-order valence-electron chi connectivity index (χ2n) is 3.60. The van der Waals surface area contributed by atoms with E-state index in [0.717, 1.165) is 4.68 Å². The molecule has 1 aromatic rings. The number of halogens is 3. The number of aryl methyl sites for hydroxylation is 1. The summed E-state index contributed by atoms with van der Waals surface area (Å²) in [6, 6.07) is 0. The molecule has 0 aliphatic rings. The molecule has 0 amide bonds. The topological polar surface area (TPSA) is 30.7 Å². The molecular weight excluding hydrogens is 195 g/mol. The van der Waals surface area contributed by atoms with Crippen LogP contribution in [0.25, 0.3) is 0 Å². The highest BCUT2D eigenvalue weighted by atomic mass is 19.4. The van der Waals surface area contributed by atoms with E-state index in [1.165, 1.54) is 7.05 Å². The summed E-state index contributed by atoms with van der Waals surface area (Å²) in [5.74, 6) is 0.132. The van der Waals surface area contributed by atoms with Gasteiger partial charge in [-0.25, -0.2) is 4.68 Å². The molecule has 80 valence electrons. The number of aromatic nitrogens is 3. The largest absolute Gasteiger partial charge is 0.434 e. The molecular formula is C8H12F3N3. The molecule has 1 heterocycles. The first-order valence-corrected chi connectivity index (χ1v) is 4.28. The van der Waals surface area contributed by atoms with Crippen molar-refractivity contribution in [3.8, 4) is 0 Å². The number of nitrogens with zero attached hydrogens (tertiary/aromatic N) is 3. The van der Waals surface area contributed by atoms with Crippen molar-refractivity contribution < 1.29 is 13.2 Å². The van der Waals surface area contributed by atoms with Crippen molar-refractivity contribution in [2.75, 3.05) is 0 Å². The first kappa shape index (κ1) is 11.0. The highest BCUT2D eigenvalue weighted by molar-refractivity contribution is 5.14. The smallest absolute Gasteiger partial charge is 0.243 e. The molecule has 0 atom stereocenters. The van der Waals surface area contributed by atoms with Crippen LogP contribution in [0.15, 0.2) is 0 Å². The Morgan fingerprint density at radius 1 is 1.36 bits per heavy atom. The van der Waals surface area contributed by atoms with Crippen LogP contribution in [-0.2, 0) is 19.6 Å². The number of rotatable bonds is 2. The zero-order chi connectivity index (χ0) is 10.9. The predicted molar refractivity (Wildman–Crippen MR) is 44.5 cm³/mol. The fraction of sp³-hybridized carbons (Fsp3) is 0.750. The van der Waals surface area contributed by atoms with E-state index in [1.807, 2.05) is 13.8 Å². The van der Waals surface area contributed by atoms with Crippen molar-refractivity contribution >= 4 is 0 Å². The van der Waals surface area contributed by atoms with Crippen LogP contribution in [0.4, 0.5) is 13.2 Å². The van der Waals surface area contributed by atoms with Crippen LogP contribution in [0.2, 0.25) is 0 Å². The van der Waals surface area contributed by atoms with E-state index in [2.05, 4.69) is 10.3 Å². The first-order chi connectivity index (χ1) is 6.32. The zero-order valence-corrected chi connectivity index (χ0v) is 8.26. The minimum absolute atomic E-state index is 0.0231. The third kappa shape index (κ3) is 2.24. The van der Waals surface area contributed by atoms with Gasteiger partial charge < -0.3 is 0 Å². The number of hydrogen-bond donors (Lipinski definition) is 0. The van der Waals surface area contributed by atoms with E-state index < -0.39 is 11.9 Å². The Balaban J connectivity index is 3.07. The van der Waals surface area contributed by atoms with Crippen LogP contribution in [0, 0.1) is 5.92 Å². The van der Waals surface area contributed by atoms with Gasteiger partial charge in [0.05, 0.1) is 5.69 Å². The Labute approximate surface area is 79.9 Å². The molecule has 1 aromatic heterocycles. The summed E-state index contributed by atoms with van der Waals surface area (Å²) in [7, 11) is 1.25. The Morgan fingerprint density at radius 3 is 2.36 bits per heavy atom. The third-order valence-electron chi connectivity index (χ3n) is 1.77. The Bertz CT molecular complexity index is 314. The van der Waals surface area contributed by atoms with E-state index in [4.69, 9.17) is 0 Å². The predicted octanol–water partition coefficient (Wildman–Crippen LogP) is 2.03. The highest BCUT2D eigenvalue weighted by Crippen LogP contribution is 2.31. The number of hydrogen-bond acceptors (Lipinski definition) is 2. The zero-order valence-electron chi connectivity index (χ0n) is 8.26. The van der Waals surface area contributed by atoms with Gasteiger partial charge in [0.25, 0.3) is 0 Å². The molecule has 0 spiro atoms. The maximum absolute atomic E-state index is 12.5. The molecule has 0 saturated carbocycles. The van der Waals surface area contributed by atoms with Gasteiger partial charge in [0.1, 0.15) is 0 Å². The summed E-state index contributed by atoms with van der Waals surface area (Å²) >= 11 is 0. The molecule has 0 aliphatic carbocycles. The van der Waals surface area contributed by atoms with Gasteiger partial charge >= 0.3 is 6.18 Å². The van der Waals surface area contributed by atoms with Crippen LogP contribution in [0.3, 0.4) is 0 Å². The monoisotopic (exact) mass is 207 g/mol. The van der Waals surface area contributed by atoms with Crippen LogP contribution >= 0.6 is 0 Å². The Kier molecular flexibility index (Phi) is 2.82. The summed E-state index contributed by atoms with van der Waals surface area (Å²) in [5, 5.41) is 6.90. The SMILES string of the molecule is CC(C)Cc1nnn(C)c1C(F)(F)F. The van der Waals surface area contributed by atoms with Gasteiger partial charge in [-0.2, -0.15) is 13.2 Å². The van der Waals surface area contributed by atoms with Crippen molar-refractivity contribution in [1.82, 2.24) is 15.0 Å². The summed E-state index contributed by atoms with van der Waals surface area (Å²) in [6.45, 7) is 3.68. The lowest BCUT2D eigenvalue weighted by Crippen LogP contribution is -2.15. The molecule has 0 fully saturated rings. The number of alkyl halides is 3. The summed E-state index contributed by atoms with van der Waals surface area (Å²) in [5.41, 5.74) is -0.721. The maximum Gasteiger partial charge on any atom is 0.434 e. The lowest BCUT2D eigenvalue weighted by atomic mass is 10.1. The fourth-order valence-corrected chi connectivity index (χ4v) is 1.27. The van der Waals surface area contributed by atoms with Crippen molar-refractivity contribution in [2.45, 2.75) is 26.4 Å². The molecule has 0 saturated heterocycles. The molecule has 0 radical (unpaired) electrons. The lowest BCUT2D eigenvalue weighted by Gasteiger charge is -2.09. The van der Waals surface area contributed by atoms with Gasteiger partial charge in [0, 0.05) is 7.05 Å². The van der Waals surface area contributed by atoms with Gasteiger partial charge in [-0.15, -0.1) is 5.10 Å². The van der Waals surface area contributed by atoms with Gasteiger partial charge in [0.15, 0.2) is 5.69 Å². The quantitative estimate of drug-likeness (QED) is 0.742. The van der Waals surface area contributed by atoms with Crippen molar-refractivity contribution in [3.63, 3.8) is 0 Å². The van der Waals surface area contributed by atoms with Gasteiger partial charge in [-0.1, -0.05) is 19.1 Å². The second kappa shape index (κ2) is 3.59. The summed E-state index contributed by atoms with van der Waals surface area (Å²) < 4.78 is 38.3. The first-order valence-electron chi connectivity index (χ1n) is 4.28. The van der Waals surface area contributed by atoms with Gasteiger partial charge in [-0.05, 0) is 12.3 Å². The van der Waals surface area contributed by atoms with E-state index >= 15 is 0 Å². The van der Waals surface area contributed by atoms with Gasteiger partial charge in [-0.3, -0.25) is 0 Å². The van der Waals surface area contributed by atoms with Crippen molar-refractivity contribution in [3.05, 3.63) is 11.4 Å². The third-order valence-corrected chi connectivity index (χ3v) is 1.77. The molecule has 3 nitrogen and oxygen atoms in total. The Morgan fingerprint density at radius 2 is 1.93 bits per heavy atom. The average Bonchev–Trinajstić information content (AvgIpc) is 2.28. The van der Waals surface area contributed by atoms with Crippen LogP contribution in [0.5, 0.6) is 0 Å². The fourth-order valence-electron chi connectivity index (χ4n) is 1.27. The van der Waals surface area contributed by atoms with Crippen molar-refractivity contribution in [2.24, 2.45) is 13.0 Å². The average molecular weight is 207 g/mol. The minimum Gasteiger partial charge on any atom is -0.243 e. The summed E-state index contributed by atoms with van der Waals surface area (Å²) in [4.78, 5) is 0. The highest BCUT2D eigenvalue weighted by Gasteiger charge is 2.38. The second-order valence-corrected chi connectivity index (χ2v) is 3.60. The van der Waals surface area contributed by atoms with Crippen LogP contribution < -0.4 is 0 Å². The molecule has 1 rings (SSSR count). The molecule has 6 heteroatoms. The summed E-state index contributed by atoms with van der Waals surface area (Å²) in [6.07, 6.45) is -4.08. The molecule has 0 aliphatic heterocycles. The Hall–Kier alpha value is -1.07. The standard InChI is InChI=1S/C8H12F3N3/c1-5(2)4-6-7(8(9,10)11)14(3)13-12-6/h5H,4H2,1-3H3. The molecule has 0 unspecified atom stereocenters. The lowest BCUT2D eigenvalue weighted by molar-refractivity contribution is -0.144. The van der Waals surface area contributed by atoms with E-state index in [0.29, 0.717) is 6.42 Å². The molecule has 0 bridgehead atoms. The normalized spacial score (nSPS) is 12.5. The van der Waals surface area contributed by atoms with Crippen molar-refractivity contribution in [1.29, 1.82) is 0 Å². The van der Waals surface area contributed by atoms with E-state index in [-0.39, 0.29) is 11.6 Å². The van der Waals surface area contributed by atoms with Crippen LogP contribution in [0.1, 0.15) is 25.2 Å².